The Hall–Kier alpha value is -2.18. The summed E-state index contributed by atoms with van der Waals surface area (Å²) < 4.78 is 25.7. The van der Waals surface area contributed by atoms with E-state index in [1.165, 1.54) is 12.6 Å². The molecule has 0 heterocycles. The molecule has 0 unspecified atom stereocenters. The molecule has 24 heavy (non-hydrogen) atoms. The molecule has 6 heteroatoms. The Morgan fingerprint density at radius 3 is 2.42 bits per heavy atom. The van der Waals surface area contributed by atoms with Crippen molar-refractivity contribution in [2.24, 2.45) is 0 Å². The summed E-state index contributed by atoms with van der Waals surface area (Å²) in [4.78, 5) is 12.6. The number of rotatable bonds is 5. The molecule has 0 saturated heterocycles. The van der Waals surface area contributed by atoms with Gasteiger partial charge in [-0.05, 0) is 49.2 Å². The van der Waals surface area contributed by atoms with Crippen LogP contribution in [0, 0.1) is 0 Å². The minimum Gasteiger partial charge on any atom is -0.349 e. The summed E-state index contributed by atoms with van der Waals surface area (Å²) in [5.41, 5.74) is 3.19. The van der Waals surface area contributed by atoms with E-state index < -0.39 is 10.0 Å². The lowest BCUT2D eigenvalue weighted by molar-refractivity contribution is -0.123. The van der Waals surface area contributed by atoms with Crippen LogP contribution in [-0.2, 0) is 21.2 Å². The Bertz CT molecular complexity index is 860. The molecule has 0 spiro atoms. The SMILES string of the molecule is CNS(=O)(=O)c1ccc([C@@H](C)NC(=O)[C@H]2Cc3ccccc32)cc1. The molecule has 0 aromatic heterocycles. The highest BCUT2D eigenvalue weighted by Crippen LogP contribution is 2.35. The van der Waals surface area contributed by atoms with Gasteiger partial charge in [-0.25, -0.2) is 13.1 Å². The topological polar surface area (TPSA) is 75.3 Å². The van der Waals surface area contributed by atoms with Gasteiger partial charge >= 0.3 is 0 Å². The van der Waals surface area contributed by atoms with Crippen molar-refractivity contribution in [3.63, 3.8) is 0 Å². The van der Waals surface area contributed by atoms with Crippen LogP contribution in [0.3, 0.4) is 0 Å². The molecule has 1 aliphatic carbocycles. The van der Waals surface area contributed by atoms with Gasteiger partial charge in [-0.2, -0.15) is 0 Å². The summed E-state index contributed by atoms with van der Waals surface area (Å²) >= 11 is 0. The Balaban J connectivity index is 1.67. The normalized spacial score (nSPS) is 17.5. The molecular formula is C18H20N2O3S. The molecule has 0 aliphatic heterocycles. The molecular weight excluding hydrogens is 324 g/mol. The molecule has 1 amide bonds. The number of carbonyl (C=O) groups excluding carboxylic acids is 1. The fourth-order valence-electron chi connectivity index (χ4n) is 2.94. The van der Waals surface area contributed by atoms with Crippen LogP contribution in [0.2, 0.25) is 0 Å². The predicted molar refractivity (Wildman–Crippen MR) is 92.1 cm³/mol. The first-order valence-corrected chi connectivity index (χ1v) is 9.32. The van der Waals surface area contributed by atoms with E-state index in [1.807, 2.05) is 31.2 Å². The Labute approximate surface area is 142 Å². The van der Waals surface area contributed by atoms with Gasteiger partial charge in [-0.1, -0.05) is 36.4 Å². The van der Waals surface area contributed by atoms with Crippen LogP contribution in [0.4, 0.5) is 0 Å². The van der Waals surface area contributed by atoms with Gasteiger partial charge in [-0.15, -0.1) is 0 Å². The molecule has 2 atom stereocenters. The number of fused-ring (bicyclic) bond motifs is 1. The maximum absolute atomic E-state index is 12.4. The second-order valence-corrected chi connectivity index (χ2v) is 7.85. The average Bonchev–Trinajstić information content (AvgIpc) is 2.56. The molecule has 5 nitrogen and oxygen atoms in total. The maximum atomic E-state index is 12.4. The average molecular weight is 344 g/mol. The number of hydrogen-bond donors (Lipinski definition) is 2. The highest BCUT2D eigenvalue weighted by atomic mass is 32.2. The fraction of sp³-hybridized carbons (Fsp3) is 0.278. The van der Waals surface area contributed by atoms with Crippen molar-refractivity contribution in [3.05, 3.63) is 65.2 Å². The van der Waals surface area contributed by atoms with Crippen LogP contribution in [0.15, 0.2) is 53.4 Å². The summed E-state index contributed by atoms with van der Waals surface area (Å²) in [7, 11) is -2.07. The van der Waals surface area contributed by atoms with Gasteiger partial charge in [-0.3, -0.25) is 4.79 Å². The second kappa shape index (κ2) is 6.37. The number of amides is 1. The van der Waals surface area contributed by atoms with Crippen molar-refractivity contribution in [1.29, 1.82) is 0 Å². The molecule has 0 saturated carbocycles. The van der Waals surface area contributed by atoms with Gasteiger partial charge in [0.05, 0.1) is 16.9 Å². The van der Waals surface area contributed by atoms with Gasteiger partial charge in [0, 0.05) is 0 Å². The van der Waals surface area contributed by atoms with E-state index in [1.54, 1.807) is 24.3 Å². The van der Waals surface area contributed by atoms with Gasteiger partial charge in [0.2, 0.25) is 15.9 Å². The van der Waals surface area contributed by atoms with Crippen molar-refractivity contribution in [1.82, 2.24) is 10.0 Å². The van der Waals surface area contributed by atoms with Gasteiger partial charge in [0.25, 0.3) is 0 Å². The lowest BCUT2D eigenvalue weighted by Gasteiger charge is -2.30. The highest BCUT2D eigenvalue weighted by Gasteiger charge is 2.32. The van der Waals surface area contributed by atoms with Crippen molar-refractivity contribution >= 4 is 15.9 Å². The monoisotopic (exact) mass is 344 g/mol. The lowest BCUT2D eigenvalue weighted by Crippen LogP contribution is -2.36. The zero-order valence-corrected chi connectivity index (χ0v) is 14.4. The van der Waals surface area contributed by atoms with Crippen LogP contribution < -0.4 is 10.0 Å². The first kappa shape index (κ1) is 16.7. The van der Waals surface area contributed by atoms with Crippen LogP contribution >= 0.6 is 0 Å². The predicted octanol–water partition coefficient (Wildman–Crippen LogP) is 2.11. The number of carbonyl (C=O) groups is 1. The highest BCUT2D eigenvalue weighted by molar-refractivity contribution is 7.89. The number of benzene rings is 2. The van der Waals surface area contributed by atoms with E-state index in [9.17, 15) is 13.2 Å². The van der Waals surface area contributed by atoms with Crippen LogP contribution in [0.25, 0.3) is 0 Å². The molecule has 2 aromatic rings. The smallest absolute Gasteiger partial charge is 0.240 e. The zero-order valence-electron chi connectivity index (χ0n) is 13.6. The lowest BCUT2D eigenvalue weighted by atomic mass is 9.77. The first-order valence-electron chi connectivity index (χ1n) is 7.84. The number of nitrogens with one attached hydrogen (secondary N) is 2. The van der Waals surface area contributed by atoms with E-state index in [2.05, 4.69) is 10.0 Å². The fourth-order valence-corrected chi connectivity index (χ4v) is 3.67. The molecule has 2 N–H and O–H groups in total. The summed E-state index contributed by atoms with van der Waals surface area (Å²) in [5, 5.41) is 3.01. The maximum Gasteiger partial charge on any atom is 0.240 e. The second-order valence-electron chi connectivity index (χ2n) is 5.96. The quantitative estimate of drug-likeness (QED) is 0.872. The van der Waals surface area contributed by atoms with Crippen molar-refractivity contribution in [2.75, 3.05) is 7.05 Å². The van der Waals surface area contributed by atoms with E-state index in [0.717, 1.165) is 17.5 Å². The summed E-state index contributed by atoms with van der Waals surface area (Å²) in [5.74, 6) is -0.0827. The van der Waals surface area contributed by atoms with Crippen molar-refractivity contribution in [3.8, 4) is 0 Å². The molecule has 126 valence electrons. The zero-order chi connectivity index (χ0) is 17.3. The standard InChI is InChI=1S/C18H20N2O3S/c1-12(13-7-9-15(10-8-13)24(22,23)19-2)20-18(21)17-11-14-5-3-4-6-16(14)17/h3-10,12,17,19H,11H2,1-2H3,(H,20,21)/t12-,17+/m1/s1. The van der Waals surface area contributed by atoms with E-state index in [-0.39, 0.29) is 22.8 Å². The van der Waals surface area contributed by atoms with E-state index in [0.29, 0.717) is 0 Å². The Morgan fingerprint density at radius 2 is 1.79 bits per heavy atom. The van der Waals surface area contributed by atoms with Gasteiger partial charge in [0.15, 0.2) is 0 Å². The number of hydrogen-bond acceptors (Lipinski definition) is 3. The van der Waals surface area contributed by atoms with Crippen LogP contribution in [-0.4, -0.2) is 21.4 Å². The molecule has 3 rings (SSSR count). The largest absolute Gasteiger partial charge is 0.349 e. The van der Waals surface area contributed by atoms with Gasteiger partial charge < -0.3 is 5.32 Å². The molecule has 0 radical (unpaired) electrons. The Kier molecular flexibility index (Phi) is 4.43. The third kappa shape index (κ3) is 3.07. The van der Waals surface area contributed by atoms with Crippen LogP contribution in [0.1, 0.15) is 35.6 Å². The van der Waals surface area contributed by atoms with Gasteiger partial charge in [0.1, 0.15) is 0 Å². The van der Waals surface area contributed by atoms with E-state index in [4.69, 9.17) is 0 Å². The third-order valence-corrected chi connectivity index (χ3v) is 5.92. The number of sulfonamides is 1. The van der Waals surface area contributed by atoms with Crippen LogP contribution in [0.5, 0.6) is 0 Å². The summed E-state index contributed by atoms with van der Waals surface area (Å²) in [6.45, 7) is 1.89. The molecule has 1 aliphatic rings. The summed E-state index contributed by atoms with van der Waals surface area (Å²) in [6, 6.07) is 14.3. The van der Waals surface area contributed by atoms with E-state index >= 15 is 0 Å². The molecule has 0 bridgehead atoms. The third-order valence-electron chi connectivity index (χ3n) is 4.49. The van der Waals surface area contributed by atoms with Crippen molar-refractivity contribution < 1.29 is 13.2 Å². The minimum absolute atomic E-state index is 0.00752. The molecule has 0 fully saturated rings. The van der Waals surface area contributed by atoms with Crippen molar-refractivity contribution in [2.45, 2.75) is 30.2 Å². The molecule has 2 aromatic carbocycles. The summed E-state index contributed by atoms with van der Waals surface area (Å²) in [6.07, 6.45) is 0.772. The minimum atomic E-state index is -3.44. The Morgan fingerprint density at radius 1 is 1.12 bits per heavy atom. The first-order chi connectivity index (χ1) is 11.4.